The molecule has 1 amide bonds. The molecule has 0 aromatic heterocycles. The Kier molecular flexibility index (Phi) is 6.58. The number of rotatable bonds is 7. The molecule has 1 fully saturated rings. The molecule has 0 aliphatic carbocycles. The van der Waals surface area contributed by atoms with Crippen LogP contribution in [-0.4, -0.2) is 24.9 Å². The molecule has 1 saturated heterocycles. The second kappa shape index (κ2) is 8.91. The van der Waals surface area contributed by atoms with Crippen LogP contribution in [0.25, 0.3) is 0 Å². The molecule has 2 aromatic rings. The SMILES string of the molecule is C=CCOc1c(Cl)cc([C@H]2SCC(=O)N2c2ccc(Cl)cc2)cc1OCC. The summed E-state index contributed by atoms with van der Waals surface area (Å²) in [5.41, 5.74) is 1.67. The van der Waals surface area contributed by atoms with E-state index in [1.165, 1.54) is 0 Å². The van der Waals surface area contributed by atoms with Crippen molar-refractivity contribution in [2.75, 3.05) is 23.9 Å². The van der Waals surface area contributed by atoms with E-state index in [1.54, 1.807) is 34.9 Å². The summed E-state index contributed by atoms with van der Waals surface area (Å²) < 4.78 is 11.4. The van der Waals surface area contributed by atoms with Crippen molar-refractivity contribution in [3.8, 4) is 11.5 Å². The predicted molar refractivity (Wildman–Crippen MR) is 112 cm³/mol. The van der Waals surface area contributed by atoms with Crippen LogP contribution in [0.3, 0.4) is 0 Å². The molecule has 0 unspecified atom stereocenters. The Morgan fingerprint density at radius 3 is 2.67 bits per heavy atom. The number of halogens is 2. The Bertz CT molecular complexity index is 842. The Labute approximate surface area is 173 Å². The minimum Gasteiger partial charge on any atom is -0.490 e. The first-order valence-electron chi connectivity index (χ1n) is 8.44. The lowest BCUT2D eigenvalue weighted by Gasteiger charge is -2.25. The molecule has 142 valence electrons. The minimum absolute atomic E-state index is 0.0355. The van der Waals surface area contributed by atoms with E-state index >= 15 is 0 Å². The number of nitrogens with zero attached hydrogens (tertiary/aromatic N) is 1. The standard InChI is InChI=1S/C20H19Cl2NO3S/c1-3-9-26-19-16(22)10-13(11-17(19)25-4-2)20-23(18(24)12-27-20)15-7-5-14(21)6-8-15/h3,5-8,10-11,20H,1,4,9,12H2,2H3/t20-/m1/s1. The number of hydrogen-bond donors (Lipinski definition) is 0. The van der Waals surface area contributed by atoms with Crippen LogP contribution in [0.15, 0.2) is 49.1 Å². The van der Waals surface area contributed by atoms with Crippen LogP contribution in [0.5, 0.6) is 11.5 Å². The molecule has 1 atom stereocenters. The first kappa shape index (κ1) is 19.9. The van der Waals surface area contributed by atoms with E-state index in [0.29, 0.717) is 40.5 Å². The third-order valence-electron chi connectivity index (χ3n) is 3.94. The van der Waals surface area contributed by atoms with Gasteiger partial charge in [0.05, 0.1) is 17.4 Å². The van der Waals surface area contributed by atoms with E-state index in [0.717, 1.165) is 11.3 Å². The summed E-state index contributed by atoms with van der Waals surface area (Å²) >= 11 is 14.0. The summed E-state index contributed by atoms with van der Waals surface area (Å²) in [6.07, 6.45) is 1.65. The summed E-state index contributed by atoms with van der Waals surface area (Å²) in [4.78, 5) is 14.3. The van der Waals surface area contributed by atoms with Gasteiger partial charge in [0.15, 0.2) is 11.5 Å². The number of hydrogen-bond acceptors (Lipinski definition) is 4. The number of thioether (sulfide) groups is 1. The lowest BCUT2D eigenvalue weighted by molar-refractivity contribution is -0.115. The van der Waals surface area contributed by atoms with Gasteiger partial charge in [-0.15, -0.1) is 11.8 Å². The minimum atomic E-state index is -0.205. The van der Waals surface area contributed by atoms with Gasteiger partial charge in [0.2, 0.25) is 5.91 Å². The molecule has 3 rings (SSSR count). The number of amides is 1. The number of carbonyl (C=O) groups is 1. The fraction of sp³-hybridized carbons (Fsp3) is 0.250. The van der Waals surface area contributed by atoms with Crippen LogP contribution in [0.4, 0.5) is 5.69 Å². The van der Waals surface area contributed by atoms with Crippen molar-refractivity contribution >= 4 is 46.6 Å². The van der Waals surface area contributed by atoms with Gasteiger partial charge in [-0.25, -0.2) is 0 Å². The Morgan fingerprint density at radius 1 is 1.26 bits per heavy atom. The smallest absolute Gasteiger partial charge is 0.238 e. The van der Waals surface area contributed by atoms with Gasteiger partial charge in [0.25, 0.3) is 0 Å². The zero-order valence-electron chi connectivity index (χ0n) is 14.8. The highest BCUT2D eigenvalue weighted by molar-refractivity contribution is 8.00. The number of benzene rings is 2. The van der Waals surface area contributed by atoms with E-state index in [4.69, 9.17) is 32.7 Å². The number of anilines is 1. The zero-order chi connectivity index (χ0) is 19.4. The molecule has 0 saturated carbocycles. The molecule has 0 radical (unpaired) electrons. The highest BCUT2D eigenvalue weighted by Crippen LogP contribution is 2.46. The first-order chi connectivity index (χ1) is 13.0. The van der Waals surface area contributed by atoms with Crippen molar-refractivity contribution < 1.29 is 14.3 Å². The molecule has 27 heavy (non-hydrogen) atoms. The maximum atomic E-state index is 12.5. The van der Waals surface area contributed by atoms with Gasteiger partial charge >= 0.3 is 0 Å². The average molecular weight is 424 g/mol. The number of ether oxygens (including phenoxy) is 2. The third kappa shape index (κ3) is 4.37. The maximum Gasteiger partial charge on any atom is 0.238 e. The van der Waals surface area contributed by atoms with Gasteiger partial charge in [-0.2, -0.15) is 0 Å². The van der Waals surface area contributed by atoms with Crippen LogP contribution < -0.4 is 14.4 Å². The maximum absolute atomic E-state index is 12.5. The summed E-state index contributed by atoms with van der Waals surface area (Å²) in [5, 5.41) is 0.859. The van der Waals surface area contributed by atoms with Crippen molar-refractivity contribution in [2.45, 2.75) is 12.3 Å². The van der Waals surface area contributed by atoms with Crippen molar-refractivity contribution in [1.29, 1.82) is 0 Å². The number of carbonyl (C=O) groups excluding carboxylic acids is 1. The van der Waals surface area contributed by atoms with Crippen LogP contribution in [0.2, 0.25) is 10.0 Å². The van der Waals surface area contributed by atoms with Gasteiger partial charge in [0, 0.05) is 10.7 Å². The molecule has 0 spiro atoms. The molecular formula is C20H19Cl2NO3S. The predicted octanol–water partition coefficient (Wildman–Crippen LogP) is 5.74. The van der Waals surface area contributed by atoms with E-state index in [9.17, 15) is 4.79 Å². The summed E-state index contributed by atoms with van der Waals surface area (Å²) in [6, 6.07) is 10.9. The van der Waals surface area contributed by atoms with E-state index < -0.39 is 0 Å². The van der Waals surface area contributed by atoms with Crippen LogP contribution >= 0.6 is 35.0 Å². The van der Waals surface area contributed by atoms with Crippen molar-refractivity contribution in [3.05, 3.63) is 64.7 Å². The largest absolute Gasteiger partial charge is 0.490 e. The van der Waals surface area contributed by atoms with E-state index in [-0.39, 0.29) is 11.3 Å². The fourth-order valence-corrected chi connectivity index (χ4v) is 4.38. The molecule has 1 aliphatic rings. The Morgan fingerprint density at radius 2 is 2.00 bits per heavy atom. The summed E-state index contributed by atoms with van der Waals surface area (Å²) in [7, 11) is 0. The lowest BCUT2D eigenvalue weighted by Crippen LogP contribution is -2.27. The highest BCUT2D eigenvalue weighted by Gasteiger charge is 2.35. The Hall–Kier alpha value is -1.82. The molecule has 1 heterocycles. The van der Waals surface area contributed by atoms with Gasteiger partial charge in [-0.05, 0) is 48.9 Å². The molecule has 0 N–H and O–H groups in total. The van der Waals surface area contributed by atoms with E-state index in [1.807, 2.05) is 31.2 Å². The van der Waals surface area contributed by atoms with Gasteiger partial charge in [-0.3, -0.25) is 9.69 Å². The van der Waals surface area contributed by atoms with E-state index in [2.05, 4.69) is 6.58 Å². The van der Waals surface area contributed by atoms with Crippen molar-refractivity contribution in [2.24, 2.45) is 0 Å². The van der Waals surface area contributed by atoms with Crippen LogP contribution in [0, 0.1) is 0 Å². The van der Waals surface area contributed by atoms with Crippen molar-refractivity contribution in [3.63, 3.8) is 0 Å². The zero-order valence-corrected chi connectivity index (χ0v) is 17.1. The van der Waals surface area contributed by atoms with Crippen LogP contribution in [0.1, 0.15) is 17.9 Å². The lowest BCUT2D eigenvalue weighted by atomic mass is 10.1. The average Bonchev–Trinajstić information content (AvgIpc) is 3.03. The van der Waals surface area contributed by atoms with Crippen molar-refractivity contribution in [1.82, 2.24) is 0 Å². The monoisotopic (exact) mass is 423 g/mol. The topological polar surface area (TPSA) is 38.8 Å². The highest BCUT2D eigenvalue weighted by atomic mass is 35.5. The van der Waals surface area contributed by atoms with Gasteiger partial charge < -0.3 is 9.47 Å². The molecule has 1 aliphatic heterocycles. The normalized spacial score (nSPS) is 16.5. The van der Waals surface area contributed by atoms with Gasteiger partial charge in [-0.1, -0.05) is 35.9 Å². The third-order valence-corrected chi connectivity index (χ3v) is 5.68. The first-order valence-corrected chi connectivity index (χ1v) is 10.2. The fourth-order valence-electron chi connectivity index (χ4n) is 2.83. The Balaban J connectivity index is 1.99. The molecule has 2 aromatic carbocycles. The van der Waals surface area contributed by atoms with Crippen LogP contribution in [-0.2, 0) is 4.79 Å². The second-order valence-corrected chi connectivity index (χ2v) is 7.68. The van der Waals surface area contributed by atoms with Gasteiger partial charge in [0.1, 0.15) is 12.0 Å². The molecule has 7 heteroatoms. The molecule has 4 nitrogen and oxygen atoms in total. The molecule has 0 bridgehead atoms. The quantitative estimate of drug-likeness (QED) is 0.532. The second-order valence-electron chi connectivity index (χ2n) is 5.77. The summed E-state index contributed by atoms with van der Waals surface area (Å²) in [6.45, 7) is 6.35. The summed E-state index contributed by atoms with van der Waals surface area (Å²) in [5.74, 6) is 1.46. The molecular weight excluding hydrogens is 405 g/mol.